The zero-order chi connectivity index (χ0) is 25.8. The lowest BCUT2D eigenvalue weighted by Crippen LogP contribution is -2.29. The van der Waals surface area contributed by atoms with E-state index in [1.165, 1.54) is 11.3 Å². The van der Waals surface area contributed by atoms with Gasteiger partial charge in [0.25, 0.3) is 0 Å². The largest absolute Gasteiger partial charge is 0.491 e. The van der Waals surface area contributed by atoms with Crippen molar-refractivity contribution in [1.29, 1.82) is 0 Å². The van der Waals surface area contributed by atoms with Crippen LogP contribution in [-0.2, 0) is 4.79 Å². The Balaban J connectivity index is 1.56. The molecule has 1 aliphatic carbocycles. The minimum absolute atomic E-state index is 0.187. The number of aldehydes is 1. The van der Waals surface area contributed by atoms with Crippen LogP contribution < -0.4 is 4.74 Å². The van der Waals surface area contributed by atoms with Crippen LogP contribution in [0.15, 0.2) is 45.9 Å². The fraction of sp³-hybridized carbons (Fsp3) is 0.333. The molecule has 0 spiro atoms. The van der Waals surface area contributed by atoms with Crippen molar-refractivity contribution < 1.29 is 19.4 Å². The second-order valence-corrected chi connectivity index (χ2v) is 10.1. The van der Waals surface area contributed by atoms with E-state index < -0.39 is 5.97 Å². The summed E-state index contributed by atoms with van der Waals surface area (Å²) in [6.45, 7) is 4.76. The number of aryl methyl sites for hydroxylation is 1. The molecule has 0 radical (unpaired) electrons. The number of aliphatic imine (C=N–C) groups is 1. The molecule has 0 saturated carbocycles. The van der Waals surface area contributed by atoms with Crippen molar-refractivity contribution in [1.82, 2.24) is 9.88 Å². The predicted octanol–water partition coefficient (Wildman–Crippen LogP) is 6.38. The summed E-state index contributed by atoms with van der Waals surface area (Å²) in [6, 6.07) is 7.36. The number of carbonyl (C=O) groups excluding carboxylic acids is 1. The van der Waals surface area contributed by atoms with Crippen LogP contribution in [0, 0.1) is 6.92 Å². The van der Waals surface area contributed by atoms with E-state index in [0.29, 0.717) is 35.1 Å². The molecule has 0 unspecified atom stereocenters. The molecule has 0 saturated heterocycles. The van der Waals surface area contributed by atoms with Gasteiger partial charge in [0.1, 0.15) is 24.5 Å². The SMILES string of the molecule is CC(=NC1=C(C=O)CCCC1)N(C)CCOc1ccc(Cl)cc1-c1cc(C)nc2c(C(=O)O)csc12. The van der Waals surface area contributed by atoms with Crippen LogP contribution in [0.4, 0.5) is 0 Å². The van der Waals surface area contributed by atoms with Crippen LogP contribution in [-0.4, -0.2) is 53.3 Å². The molecule has 0 fully saturated rings. The number of likely N-dealkylation sites (N-methyl/N-ethyl adjacent to an activating group) is 1. The first kappa shape index (κ1) is 25.9. The van der Waals surface area contributed by atoms with Crippen LogP contribution >= 0.6 is 22.9 Å². The first-order valence-electron chi connectivity index (χ1n) is 11.8. The zero-order valence-corrected chi connectivity index (χ0v) is 22.1. The quantitative estimate of drug-likeness (QED) is 0.208. The molecule has 4 rings (SSSR count). The van der Waals surface area contributed by atoms with E-state index in [9.17, 15) is 14.7 Å². The van der Waals surface area contributed by atoms with Crippen molar-refractivity contribution in [2.75, 3.05) is 20.2 Å². The number of carboxylic acids is 1. The predicted molar refractivity (Wildman–Crippen MR) is 145 cm³/mol. The van der Waals surface area contributed by atoms with Gasteiger partial charge in [-0.05, 0) is 63.8 Å². The molecule has 9 heteroatoms. The molecule has 1 aliphatic rings. The molecule has 0 bridgehead atoms. The number of allylic oxidation sites excluding steroid dienone is 2. The summed E-state index contributed by atoms with van der Waals surface area (Å²) in [5, 5.41) is 11.7. The molecule has 36 heavy (non-hydrogen) atoms. The third-order valence-electron chi connectivity index (χ3n) is 6.27. The number of halogens is 1. The summed E-state index contributed by atoms with van der Waals surface area (Å²) >= 11 is 7.68. The molecule has 2 heterocycles. The van der Waals surface area contributed by atoms with Gasteiger partial charge in [-0.3, -0.25) is 9.78 Å². The van der Waals surface area contributed by atoms with Crippen molar-refractivity contribution in [2.45, 2.75) is 39.5 Å². The maximum Gasteiger partial charge on any atom is 0.338 e. The molecule has 1 N–H and O–H groups in total. The summed E-state index contributed by atoms with van der Waals surface area (Å²) in [7, 11) is 1.95. The van der Waals surface area contributed by atoms with E-state index in [1.54, 1.807) is 11.4 Å². The standard InChI is InChI=1S/C27H28ClN3O4S/c1-16-12-21(26-25(29-16)22(15-36-26)27(33)34)20-13-19(28)8-9-24(20)35-11-10-31(3)17(2)30-23-7-5-4-6-18(23)14-32/h8-9,12-15H,4-7,10-11H2,1-3H3,(H,33,34). The zero-order valence-electron chi connectivity index (χ0n) is 20.5. The number of carboxylic acid groups (broad SMARTS) is 1. The first-order valence-corrected chi connectivity index (χ1v) is 13.0. The molecule has 3 aromatic rings. The van der Waals surface area contributed by atoms with E-state index in [-0.39, 0.29) is 5.56 Å². The average Bonchev–Trinajstić information content (AvgIpc) is 3.28. The third kappa shape index (κ3) is 5.60. The van der Waals surface area contributed by atoms with Crippen molar-refractivity contribution in [3.63, 3.8) is 0 Å². The number of hydrogen-bond donors (Lipinski definition) is 1. The van der Waals surface area contributed by atoms with E-state index in [1.807, 2.05) is 44.0 Å². The Morgan fingerprint density at radius 2 is 2.06 bits per heavy atom. The van der Waals surface area contributed by atoms with E-state index >= 15 is 0 Å². The number of benzene rings is 1. The second kappa shape index (κ2) is 11.2. The lowest BCUT2D eigenvalue weighted by Gasteiger charge is -2.21. The molecule has 0 amide bonds. The van der Waals surface area contributed by atoms with Crippen LogP contribution in [0.25, 0.3) is 21.3 Å². The number of aromatic nitrogens is 1. The fourth-order valence-corrected chi connectivity index (χ4v) is 5.41. The second-order valence-electron chi connectivity index (χ2n) is 8.81. The maximum atomic E-state index is 11.7. The number of carbonyl (C=O) groups is 2. The number of thiophene rings is 1. The van der Waals surface area contributed by atoms with Gasteiger partial charge < -0.3 is 14.7 Å². The molecule has 7 nitrogen and oxygen atoms in total. The van der Waals surface area contributed by atoms with E-state index in [4.69, 9.17) is 21.3 Å². The lowest BCUT2D eigenvalue weighted by atomic mass is 9.97. The van der Waals surface area contributed by atoms with Crippen molar-refractivity contribution in [2.24, 2.45) is 4.99 Å². The van der Waals surface area contributed by atoms with Crippen LogP contribution in [0.5, 0.6) is 5.75 Å². The molecule has 0 atom stereocenters. The molecular formula is C27H28ClN3O4S. The number of hydrogen-bond acceptors (Lipinski definition) is 6. The number of amidine groups is 1. The van der Waals surface area contributed by atoms with Gasteiger partial charge in [-0.15, -0.1) is 11.3 Å². The Morgan fingerprint density at radius 3 is 2.81 bits per heavy atom. The van der Waals surface area contributed by atoms with Crippen molar-refractivity contribution in [3.8, 4) is 16.9 Å². The Morgan fingerprint density at radius 1 is 1.28 bits per heavy atom. The summed E-state index contributed by atoms with van der Waals surface area (Å²) in [4.78, 5) is 34.2. The maximum absolute atomic E-state index is 11.7. The molecular weight excluding hydrogens is 498 g/mol. The third-order valence-corrected chi connectivity index (χ3v) is 7.51. The monoisotopic (exact) mass is 525 g/mol. The number of ether oxygens (including phenoxy) is 1. The van der Waals surface area contributed by atoms with Crippen molar-refractivity contribution in [3.05, 3.63) is 57.2 Å². The van der Waals surface area contributed by atoms with Gasteiger partial charge in [-0.1, -0.05) is 11.6 Å². The fourth-order valence-electron chi connectivity index (χ4n) is 4.23. The van der Waals surface area contributed by atoms with Crippen LogP contribution in [0.2, 0.25) is 5.02 Å². The van der Waals surface area contributed by atoms with Gasteiger partial charge >= 0.3 is 5.97 Å². The molecule has 1 aromatic carbocycles. The number of pyridine rings is 1. The summed E-state index contributed by atoms with van der Waals surface area (Å²) < 4.78 is 6.96. The number of nitrogens with zero attached hydrogens (tertiary/aromatic N) is 3. The highest BCUT2D eigenvalue weighted by Crippen LogP contribution is 2.40. The summed E-state index contributed by atoms with van der Waals surface area (Å²) in [5.41, 5.74) is 4.67. The highest BCUT2D eigenvalue weighted by molar-refractivity contribution is 7.18. The Bertz CT molecular complexity index is 1380. The topological polar surface area (TPSA) is 92.1 Å². The van der Waals surface area contributed by atoms with Crippen molar-refractivity contribution >= 4 is 51.2 Å². The summed E-state index contributed by atoms with van der Waals surface area (Å²) in [5.74, 6) is 0.479. The van der Waals surface area contributed by atoms with E-state index in [0.717, 1.165) is 64.9 Å². The Kier molecular flexibility index (Phi) is 8.06. The number of rotatable bonds is 8. The van der Waals surface area contributed by atoms with Crippen LogP contribution in [0.3, 0.4) is 0 Å². The molecule has 188 valence electrons. The Hall–Kier alpha value is -3.23. The molecule has 2 aromatic heterocycles. The van der Waals surface area contributed by atoms with Gasteiger partial charge in [-0.2, -0.15) is 0 Å². The smallest absolute Gasteiger partial charge is 0.338 e. The average molecular weight is 526 g/mol. The summed E-state index contributed by atoms with van der Waals surface area (Å²) in [6.07, 6.45) is 4.64. The first-order chi connectivity index (χ1) is 17.3. The van der Waals surface area contributed by atoms with Gasteiger partial charge in [0.05, 0.1) is 22.3 Å². The van der Waals surface area contributed by atoms with Crippen LogP contribution in [0.1, 0.15) is 48.7 Å². The van der Waals surface area contributed by atoms with Gasteiger partial charge in [0.15, 0.2) is 0 Å². The Labute approximate surface area is 219 Å². The highest BCUT2D eigenvalue weighted by atomic mass is 35.5. The van der Waals surface area contributed by atoms with Gasteiger partial charge in [0.2, 0.25) is 0 Å². The van der Waals surface area contributed by atoms with Gasteiger partial charge in [0, 0.05) is 45.5 Å². The number of fused-ring (bicyclic) bond motifs is 1. The lowest BCUT2D eigenvalue weighted by molar-refractivity contribution is -0.105. The normalized spacial score (nSPS) is 14.3. The van der Waals surface area contributed by atoms with Gasteiger partial charge in [-0.25, -0.2) is 9.79 Å². The molecule has 0 aliphatic heterocycles. The van der Waals surface area contributed by atoms with E-state index in [2.05, 4.69) is 4.98 Å². The minimum Gasteiger partial charge on any atom is -0.491 e. The number of aromatic carboxylic acids is 1. The highest BCUT2D eigenvalue weighted by Gasteiger charge is 2.19. The minimum atomic E-state index is -1.00.